The Kier molecular flexibility index (Phi) is 13.4. The summed E-state index contributed by atoms with van der Waals surface area (Å²) in [6, 6.07) is 0.776. The van der Waals surface area contributed by atoms with Crippen LogP contribution in [0.3, 0.4) is 0 Å². The SMILES string of the molecule is CCCCCC(CC(CC)CCCC)NCCC. The van der Waals surface area contributed by atoms with E-state index in [1.807, 2.05) is 0 Å². The van der Waals surface area contributed by atoms with Crippen LogP contribution in [0.4, 0.5) is 0 Å². The Morgan fingerprint density at radius 3 is 2.06 bits per heavy atom. The van der Waals surface area contributed by atoms with E-state index < -0.39 is 0 Å². The lowest BCUT2D eigenvalue weighted by Crippen LogP contribution is -2.31. The van der Waals surface area contributed by atoms with Crippen LogP contribution in [0.5, 0.6) is 0 Å². The standard InChI is InChI=1S/C17H37N/c1-5-9-11-13-17(18-14-7-3)15-16(8-4)12-10-6-2/h16-18H,5-15H2,1-4H3. The molecular weight excluding hydrogens is 218 g/mol. The molecule has 1 N–H and O–H groups in total. The summed E-state index contributed by atoms with van der Waals surface area (Å²) in [5.74, 6) is 0.945. The van der Waals surface area contributed by atoms with Gasteiger partial charge in [0.05, 0.1) is 0 Å². The molecule has 0 saturated heterocycles. The van der Waals surface area contributed by atoms with E-state index in [0.717, 1.165) is 12.0 Å². The molecule has 1 nitrogen and oxygen atoms in total. The molecule has 0 spiro atoms. The van der Waals surface area contributed by atoms with Gasteiger partial charge in [0, 0.05) is 6.04 Å². The van der Waals surface area contributed by atoms with Crippen molar-refractivity contribution in [1.82, 2.24) is 5.32 Å². The van der Waals surface area contributed by atoms with Gasteiger partial charge in [-0.25, -0.2) is 0 Å². The second-order valence-corrected chi connectivity index (χ2v) is 5.80. The van der Waals surface area contributed by atoms with Gasteiger partial charge in [0.2, 0.25) is 0 Å². The number of nitrogens with one attached hydrogen (secondary N) is 1. The molecule has 18 heavy (non-hydrogen) atoms. The minimum Gasteiger partial charge on any atom is -0.314 e. The first kappa shape index (κ1) is 18.0. The van der Waals surface area contributed by atoms with E-state index in [0.29, 0.717) is 0 Å². The van der Waals surface area contributed by atoms with Crippen molar-refractivity contribution in [3.8, 4) is 0 Å². The van der Waals surface area contributed by atoms with Crippen molar-refractivity contribution in [3.63, 3.8) is 0 Å². The second kappa shape index (κ2) is 13.4. The lowest BCUT2D eigenvalue weighted by Gasteiger charge is -2.24. The maximum Gasteiger partial charge on any atom is 0.00696 e. The summed E-state index contributed by atoms with van der Waals surface area (Å²) in [7, 11) is 0. The highest BCUT2D eigenvalue weighted by atomic mass is 14.9. The maximum absolute atomic E-state index is 3.77. The van der Waals surface area contributed by atoms with E-state index in [-0.39, 0.29) is 0 Å². The quantitative estimate of drug-likeness (QED) is 0.426. The Balaban J connectivity index is 3.99. The Bertz CT molecular complexity index is 156. The average Bonchev–Trinajstić information content (AvgIpc) is 2.40. The molecule has 0 aromatic heterocycles. The van der Waals surface area contributed by atoms with Gasteiger partial charge in [-0.3, -0.25) is 0 Å². The highest BCUT2D eigenvalue weighted by Crippen LogP contribution is 2.21. The summed E-state index contributed by atoms with van der Waals surface area (Å²) in [4.78, 5) is 0. The van der Waals surface area contributed by atoms with E-state index >= 15 is 0 Å². The molecular formula is C17H37N. The molecule has 2 atom stereocenters. The lowest BCUT2D eigenvalue weighted by atomic mass is 9.90. The molecule has 0 heterocycles. The predicted molar refractivity (Wildman–Crippen MR) is 84.1 cm³/mol. The van der Waals surface area contributed by atoms with Crippen LogP contribution in [0.2, 0.25) is 0 Å². The van der Waals surface area contributed by atoms with Crippen molar-refractivity contribution in [2.45, 2.75) is 97.9 Å². The van der Waals surface area contributed by atoms with Gasteiger partial charge < -0.3 is 5.32 Å². The summed E-state index contributed by atoms with van der Waals surface area (Å²) in [5, 5.41) is 3.77. The molecule has 0 aromatic carbocycles. The van der Waals surface area contributed by atoms with Crippen LogP contribution in [0.25, 0.3) is 0 Å². The summed E-state index contributed by atoms with van der Waals surface area (Å²) in [5.41, 5.74) is 0. The zero-order valence-electron chi connectivity index (χ0n) is 13.4. The fourth-order valence-corrected chi connectivity index (χ4v) is 2.68. The van der Waals surface area contributed by atoms with Crippen molar-refractivity contribution in [3.05, 3.63) is 0 Å². The number of hydrogen-bond donors (Lipinski definition) is 1. The largest absolute Gasteiger partial charge is 0.314 e. The van der Waals surface area contributed by atoms with Crippen molar-refractivity contribution in [2.75, 3.05) is 6.54 Å². The highest BCUT2D eigenvalue weighted by Gasteiger charge is 2.14. The zero-order valence-corrected chi connectivity index (χ0v) is 13.4. The molecule has 0 radical (unpaired) electrons. The Hall–Kier alpha value is -0.0400. The number of rotatable bonds is 13. The Morgan fingerprint density at radius 2 is 1.50 bits per heavy atom. The van der Waals surface area contributed by atoms with Crippen molar-refractivity contribution < 1.29 is 0 Å². The third kappa shape index (κ3) is 9.94. The molecule has 0 saturated carbocycles. The van der Waals surface area contributed by atoms with Crippen molar-refractivity contribution >= 4 is 0 Å². The monoisotopic (exact) mass is 255 g/mol. The fraction of sp³-hybridized carbons (Fsp3) is 1.00. The van der Waals surface area contributed by atoms with Crippen LogP contribution in [-0.4, -0.2) is 12.6 Å². The van der Waals surface area contributed by atoms with Crippen LogP contribution < -0.4 is 5.32 Å². The second-order valence-electron chi connectivity index (χ2n) is 5.80. The molecule has 0 aromatic rings. The number of hydrogen-bond acceptors (Lipinski definition) is 1. The van der Waals surface area contributed by atoms with Crippen LogP contribution in [-0.2, 0) is 0 Å². The van der Waals surface area contributed by atoms with Gasteiger partial charge in [0.25, 0.3) is 0 Å². The van der Waals surface area contributed by atoms with Gasteiger partial charge in [-0.05, 0) is 31.7 Å². The van der Waals surface area contributed by atoms with Gasteiger partial charge in [-0.15, -0.1) is 0 Å². The molecule has 0 aliphatic heterocycles. The van der Waals surface area contributed by atoms with Crippen LogP contribution in [0, 0.1) is 5.92 Å². The van der Waals surface area contributed by atoms with E-state index in [1.165, 1.54) is 70.8 Å². The van der Waals surface area contributed by atoms with Crippen LogP contribution in [0.15, 0.2) is 0 Å². The van der Waals surface area contributed by atoms with Crippen LogP contribution in [0.1, 0.15) is 91.9 Å². The van der Waals surface area contributed by atoms with Crippen molar-refractivity contribution in [2.24, 2.45) is 5.92 Å². The summed E-state index contributed by atoms with van der Waals surface area (Å²) < 4.78 is 0. The summed E-state index contributed by atoms with van der Waals surface area (Å²) in [6.45, 7) is 10.4. The summed E-state index contributed by atoms with van der Waals surface area (Å²) >= 11 is 0. The molecule has 0 bridgehead atoms. The first-order chi connectivity index (χ1) is 8.78. The molecule has 1 heteroatoms. The third-order valence-electron chi connectivity index (χ3n) is 4.00. The Morgan fingerprint density at radius 1 is 0.778 bits per heavy atom. The lowest BCUT2D eigenvalue weighted by molar-refractivity contribution is 0.331. The highest BCUT2D eigenvalue weighted by molar-refractivity contribution is 4.72. The minimum atomic E-state index is 0.776. The maximum atomic E-state index is 3.77. The normalized spacial score (nSPS) is 14.7. The third-order valence-corrected chi connectivity index (χ3v) is 4.00. The van der Waals surface area contributed by atoms with Gasteiger partial charge in [-0.2, -0.15) is 0 Å². The van der Waals surface area contributed by atoms with Gasteiger partial charge >= 0.3 is 0 Å². The van der Waals surface area contributed by atoms with E-state index in [2.05, 4.69) is 33.0 Å². The van der Waals surface area contributed by atoms with E-state index in [1.54, 1.807) is 0 Å². The minimum absolute atomic E-state index is 0.776. The van der Waals surface area contributed by atoms with Gasteiger partial charge in [0.1, 0.15) is 0 Å². The molecule has 0 aliphatic carbocycles. The first-order valence-corrected chi connectivity index (χ1v) is 8.51. The van der Waals surface area contributed by atoms with Gasteiger partial charge in [-0.1, -0.05) is 72.6 Å². The smallest absolute Gasteiger partial charge is 0.00696 e. The van der Waals surface area contributed by atoms with Crippen LogP contribution >= 0.6 is 0 Å². The van der Waals surface area contributed by atoms with E-state index in [9.17, 15) is 0 Å². The molecule has 2 unspecified atom stereocenters. The fourth-order valence-electron chi connectivity index (χ4n) is 2.68. The molecule has 0 rings (SSSR count). The summed E-state index contributed by atoms with van der Waals surface area (Å²) in [6.07, 6.45) is 13.7. The average molecular weight is 255 g/mol. The number of unbranched alkanes of at least 4 members (excludes halogenated alkanes) is 3. The molecule has 0 amide bonds. The Labute approximate surface area is 116 Å². The first-order valence-electron chi connectivity index (χ1n) is 8.51. The zero-order chi connectivity index (χ0) is 13.6. The van der Waals surface area contributed by atoms with Gasteiger partial charge in [0.15, 0.2) is 0 Å². The molecule has 110 valence electrons. The van der Waals surface area contributed by atoms with Crippen molar-refractivity contribution in [1.29, 1.82) is 0 Å². The predicted octanol–water partition coefficient (Wildman–Crippen LogP) is 5.54. The molecule has 0 aliphatic rings. The topological polar surface area (TPSA) is 12.0 Å². The molecule has 0 fully saturated rings. The van der Waals surface area contributed by atoms with E-state index in [4.69, 9.17) is 0 Å².